The third kappa shape index (κ3) is 28.4. The first-order valence-electron chi connectivity index (χ1n) is 49.0. The Morgan fingerprint density at radius 2 is 0.720 bits per heavy atom. The molecule has 150 heavy (non-hydrogen) atoms. The maximum atomic E-state index is 12.8. The zero-order valence-electron chi connectivity index (χ0n) is 87.6. The van der Waals surface area contributed by atoms with Crippen molar-refractivity contribution >= 4 is 212 Å². The summed E-state index contributed by atoms with van der Waals surface area (Å²) in [5.41, 5.74) is 14.7. The highest BCUT2D eigenvalue weighted by molar-refractivity contribution is 7.94. The van der Waals surface area contributed by atoms with Crippen LogP contribution in [0.1, 0.15) is 144 Å². The molecule has 16 rings (SSSR count). The zero-order chi connectivity index (χ0) is 108. The van der Waals surface area contributed by atoms with Crippen molar-refractivity contribution in [1.82, 2.24) is 74.8 Å². The minimum absolute atomic E-state index is 0.0636. The number of hydrogen-bond donors (Lipinski definition) is 9. The van der Waals surface area contributed by atoms with Gasteiger partial charge < -0.3 is 71.7 Å². The summed E-state index contributed by atoms with van der Waals surface area (Å²) in [5.74, 6) is 4.78. The second kappa shape index (κ2) is 51.3. The highest BCUT2D eigenvalue weighted by atomic mass is 35.5. The van der Waals surface area contributed by atoms with Crippen molar-refractivity contribution in [2.45, 2.75) is 188 Å². The van der Waals surface area contributed by atoms with E-state index in [4.69, 9.17) is 65.4 Å². The molecule has 0 saturated carbocycles. The van der Waals surface area contributed by atoms with E-state index in [2.05, 4.69) is 208 Å². The summed E-state index contributed by atoms with van der Waals surface area (Å²) >= 11 is 26.6. The Bertz CT molecular complexity index is 7410. The summed E-state index contributed by atoms with van der Waals surface area (Å²) in [4.78, 5) is 57.2. The van der Waals surface area contributed by atoms with Crippen LogP contribution < -0.4 is 71.7 Å². The maximum absolute atomic E-state index is 12.8. The Labute approximate surface area is 903 Å². The number of ether oxygens (including phenoxy) is 4. The van der Waals surface area contributed by atoms with Crippen LogP contribution in [0, 0.1) is 13.8 Å². The Kier molecular flexibility index (Phi) is 39.3. The van der Waals surface area contributed by atoms with E-state index in [1.54, 1.807) is 132 Å². The lowest BCUT2D eigenvalue weighted by atomic mass is 9.95. The normalized spacial score (nSPS) is 14.4. The lowest BCUT2D eigenvalue weighted by molar-refractivity contribution is 0.209. The quantitative estimate of drug-likeness (QED) is 0.0178. The van der Waals surface area contributed by atoms with Crippen LogP contribution in [0.4, 0.5) is 98.3 Å². The van der Waals surface area contributed by atoms with Crippen molar-refractivity contribution in [3.63, 3.8) is 0 Å². The summed E-state index contributed by atoms with van der Waals surface area (Å²) in [7, 11) is -7.85. The summed E-state index contributed by atoms with van der Waals surface area (Å²) in [6, 6.07) is 33.2. The second-order valence-corrected chi connectivity index (χ2v) is 50.1. The van der Waals surface area contributed by atoms with Crippen molar-refractivity contribution in [2.24, 2.45) is 0 Å². The molecule has 1 saturated heterocycles. The topological polar surface area (TPSA) is 436 Å². The highest BCUT2D eigenvalue weighted by Gasteiger charge is 2.33. The molecular formula is C105H130Cl4N24O12S5. The molecule has 4 aromatic carbocycles. The molecule has 0 amide bonds. The molecule has 12 aromatic rings. The number of thiophene rings is 1. The molecule has 36 nitrogen and oxygen atoms in total. The van der Waals surface area contributed by atoms with Crippen molar-refractivity contribution in [2.75, 3.05) is 141 Å². The Hall–Kier alpha value is -12.2. The van der Waals surface area contributed by atoms with E-state index in [-0.39, 0.29) is 91.7 Å². The molecule has 8 aromatic heterocycles. The number of sulfone groups is 4. The van der Waals surface area contributed by atoms with Gasteiger partial charge in [0.05, 0.1) is 120 Å². The van der Waals surface area contributed by atoms with Crippen molar-refractivity contribution in [3.05, 3.63) is 218 Å². The number of anilines is 17. The predicted octanol–water partition coefficient (Wildman–Crippen LogP) is 22.0. The van der Waals surface area contributed by atoms with Gasteiger partial charge in [0.1, 0.15) is 47.3 Å². The predicted molar refractivity (Wildman–Crippen MR) is 605 cm³/mol. The number of nitrogens with one attached hydrogen (secondary N) is 9. The van der Waals surface area contributed by atoms with Crippen LogP contribution in [-0.4, -0.2) is 236 Å². The number of benzene rings is 4. The number of hydrogen-bond acceptors (Lipinski definition) is 37. The molecule has 45 heteroatoms. The van der Waals surface area contributed by atoms with Crippen LogP contribution >= 0.6 is 57.7 Å². The number of pyridine rings is 3. The molecule has 800 valence electrons. The second-order valence-electron chi connectivity index (χ2n) is 37.6. The Morgan fingerprint density at radius 3 is 1.07 bits per heavy atom. The fourth-order valence-corrected chi connectivity index (χ4v) is 22.9. The third-order valence-electron chi connectivity index (χ3n) is 25.4. The lowest BCUT2D eigenvalue weighted by Crippen LogP contribution is -2.49. The third-order valence-corrected chi connectivity index (χ3v) is 36.5. The van der Waals surface area contributed by atoms with E-state index in [1.807, 2.05) is 48.5 Å². The molecule has 0 aliphatic carbocycles. The Balaban J connectivity index is 0.000000167. The van der Waals surface area contributed by atoms with Crippen molar-refractivity contribution in [3.8, 4) is 23.0 Å². The number of halogens is 4. The van der Waals surface area contributed by atoms with Crippen LogP contribution in [0.3, 0.4) is 0 Å². The molecule has 4 aliphatic rings. The molecule has 12 heterocycles. The molecule has 1 fully saturated rings. The first kappa shape index (κ1) is 115. The van der Waals surface area contributed by atoms with Gasteiger partial charge in [0.15, 0.2) is 77.7 Å². The number of aromatic nitrogens is 11. The summed E-state index contributed by atoms with van der Waals surface area (Å²) < 4.78 is 125. The number of methoxy groups -OCH3 is 4. The fourth-order valence-electron chi connectivity index (χ4n) is 16.4. The smallest absolute Gasteiger partial charge is 0.229 e. The van der Waals surface area contributed by atoms with Crippen LogP contribution in [0.5, 0.6) is 23.0 Å². The largest absolute Gasteiger partial charge is 0.495 e. The van der Waals surface area contributed by atoms with E-state index in [1.165, 1.54) is 60.1 Å². The van der Waals surface area contributed by atoms with E-state index < -0.39 is 60.3 Å². The molecule has 0 atom stereocenters. The van der Waals surface area contributed by atoms with Gasteiger partial charge >= 0.3 is 0 Å². The first-order chi connectivity index (χ1) is 71.4. The number of piperazine rings is 1. The molecule has 9 N–H and O–H groups in total. The molecule has 0 bridgehead atoms. The van der Waals surface area contributed by atoms with Gasteiger partial charge in [-0.3, -0.25) is 14.7 Å². The number of aryl methyl sites for hydroxylation is 2. The van der Waals surface area contributed by atoms with Gasteiger partial charge in [-0.2, -0.15) is 19.9 Å². The highest BCUT2D eigenvalue weighted by Crippen LogP contribution is 2.44. The maximum Gasteiger partial charge on any atom is 0.229 e. The van der Waals surface area contributed by atoms with Crippen molar-refractivity contribution in [1.29, 1.82) is 0 Å². The van der Waals surface area contributed by atoms with Gasteiger partial charge in [-0.25, -0.2) is 68.6 Å². The van der Waals surface area contributed by atoms with E-state index >= 15 is 0 Å². The summed E-state index contributed by atoms with van der Waals surface area (Å²) in [5, 5.41) is 28.3. The zero-order valence-corrected chi connectivity index (χ0v) is 94.7. The van der Waals surface area contributed by atoms with Gasteiger partial charge in [-0.15, -0.1) is 11.3 Å². The van der Waals surface area contributed by atoms with Crippen LogP contribution in [-0.2, 0) is 39.3 Å². The van der Waals surface area contributed by atoms with Gasteiger partial charge in [-0.1, -0.05) is 76.8 Å². The van der Waals surface area contributed by atoms with Gasteiger partial charge in [0.25, 0.3) is 0 Å². The van der Waals surface area contributed by atoms with Crippen LogP contribution in [0.2, 0.25) is 20.1 Å². The number of nitrogens with zero attached hydrogens (tertiary/aromatic N) is 15. The SMILES string of the molecule is COc1cc(C2=CCN(C(C)C)CC2)ccc1Nc1ncc(Cl)c(Nc2cccnc2S(=O)(=O)C(C)C)n1.COc1cc(C2=CCN(C(C)C)CC2)ccc1Nc1ncc(Cl)c(Nc2ccsc2S(=O)(=O)C(C)C)n1.COc1cc(C2=CCNCC2)c(C)cc1Nc1ncc(Cl)c(Nc2cccnc2S(=O)(=O)C(C)C)n1.COc1cc(N2CCN(C(C)C)CC2)c(C)cc1Nc1ncc(Cl)c(Nc2cccnc2S(=O)(=O)C(C)C)n1. The molecule has 0 radical (unpaired) electrons. The minimum Gasteiger partial charge on any atom is -0.495 e. The number of rotatable bonds is 35. The first-order valence-corrected chi connectivity index (χ1v) is 57.6. The average Bonchev–Trinajstić information content (AvgIpc) is 1.26. The van der Waals surface area contributed by atoms with Gasteiger partial charge in [-0.05, 0) is 271 Å². The molecule has 0 spiro atoms. The minimum atomic E-state index is -3.63. The summed E-state index contributed by atoms with van der Waals surface area (Å²) in [6.07, 6.45) is 19.8. The average molecular weight is 2220 g/mol. The Morgan fingerprint density at radius 1 is 0.360 bits per heavy atom. The van der Waals surface area contributed by atoms with Gasteiger partial charge in [0, 0.05) is 107 Å². The fraction of sp³-hybridized carbons (Fsp3) is 0.381. The van der Waals surface area contributed by atoms with E-state index in [0.29, 0.717) is 81.3 Å². The monoisotopic (exact) mass is 2220 g/mol. The van der Waals surface area contributed by atoms with Crippen LogP contribution in [0.25, 0.3) is 16.7 Å². The van der Waals surface area contributed by atoms with Crippen LogP contribution in [0.15, 0.2) is 189 Å². The van der Waals surface area contributed by atoms with Crippen molar-refractivity contribution < 1.29 is 52.6 Å². The standard InChI is InChI=1S/C27H36ClN7O3S.C27H33ClN6O3S.C26H32ClN5O3S2.C25H29ClN6O3S/c1-17(2)34-10-12-35(13-11-34)23-15-24(38-6)22(14-19(23)5)32-27-30-16-20(28)25(33-27)31-21-8-7-9-29-26(21)39(36,37)18(3)4;1-17(2)34-13-10-19(11-14-34)20-8-9-22(24(15-20)37-5)32-27-30-16-21(28)25(33-27)31-23-7-6-12-29-26(23)38(35,36)18(3)4;1-16(2)32-11-8-18(9-12-32)19-6-7-21(23(14-19)35-5)30-26-28-15-20(27)24(31-26)29-22-10-13-36-25(22)37(33,34)17(3)4;1-15(2)36(33,34)24-20(6-5-9-28-24)30-23-19(26)14-29-25(32-23)31-21-12-16(3)18(13-22(21)35-4)17-7-10-27-11-8-17/h7-9,14-18H,10-13H2,1-6H3,(H2,30,31,32,33);6-10,12,15-18H,11,13-14H2,1-5H3,(H2,30,31,32,33);6-8,10,13-17H,9,11-12H2,1-5H3,(H2,28,29,30,31);5-7,9,12-15,27H,8,10-11H2,1-4H3,(H2,29,30,31,32). The van der Waals surface area contributed by atoms with E-state index in [9.17, 15) is 33.7 Å². The van der Waals surface area contributed by atoms with Gasteiger partial charge in [0.2, 0.25) is 23.8 Å². The lowest BCUT2D eigenvalue weighted by Gasteiger charge is -2.38. The molecular weight excluding hydrogens is 2090 g/mol. The molecule has 4 aliphatic heterocycles. The molecule has 0 unspecified atom stereocenters. The summed E-state index contributed by atoms with van der Waals surface area (Å²) in [6.45, 7) is 40.1. The van der Waals surface area contributed by atoms with E-state index in [0.717, 1.165) is 130 Å².